The quantitative estimate of drug-likeness (QED) is 0.857. The number of carbonyl (C=O) groups is 2. The number of carbonyl (C=O) groups excluding carboxylic acids is 2. The molecule has 2 amide bonds. The zero-order valence-corrected chi connectivity index (χ0v) is 14.6. The van der Waals surface area contributed by atoms with Gasteiger partial charge < -0.3 is 19.7 Å². The third-order valence-electron chi connectivity index (χ3n) is 4.45. The minimum atomic E-state index is -0.588. The lowest BCUT2D eigenvalue weighted by Gasteiger charge is -2.24. The highest BCUT2D eigenvalue weighted by atomic mass is 16.2. The molecule has 1 aliphatic heterocycles. The predicted octanol–water partition coefficient (Wildman–Crippen LogP) is 1.58. The molecule has 1 atom stereocenters. The molecule has 1 N–H and O–H groups in total. The maximum Gasteiger partial charge on any atom is 0.313 e. The largest absolute Gasteiger partial charge is 0.378 e. The van der Waals surface area contributed by atoms with Gasteiger partial charge in [-0.05, 0) is 37.1 Å². The molecule has 25 heavy (non-hydrogen) atoms. The Morgan fingerprint density at radius 2 is 2.04 bits per heavy atom. The molecule has 2 heterocycles. The number of aromatic nitrogens is 2. The molecule has 1 aliphatic rings. The van der Waals surface area contributed by atoms with E-state index in [1.807, 2.05) is 41.9 Å². The second-order valence-electron chi connectivity index (χ2n) is 6.45. The Hall–Kier alpha value is -2.83. The molecular formula is C18H23N5O2. The van der Waals surface area contributed by atoms with E-state index in [9.17, 15) is 9.59 Å². The van der Waals surface area contributed by atoms with Gasteiger partial charge in [0.05, 0.1) is 12.4 Å². The van der Waals surface area contributed by atoms with Crippen LogP contribution in [-0.4, -0.2) is 52.9 Å². The summed E-state index contributed by atoms with van der Waals surface area (Å²) in [5, 5.41) is 2.70. The van der Waals surface area contributed by atoms with E-state index in [0.29, 0.717) is 18.8 Å². The normalized spacial score (nSPS) is 16.7. The van der Waals surface area contributed by atoms with Gasteiger partial charge in [0, 0.05) is 51.0 Å². The first kappa shape index (κ1) is 17.0. The molecule has 1 aromatic carbocycles. The SMILES string of the molecule is CN(C)c1ccc(NC(=O)C(=O)N2CCC[C@@H]2Cn2ccnc2)cc1. The van der Waals surface area contributed by atoms with Crippen molar-refractivity contribution < 1.29 is 9.59 Å². The summed E-state index contributed by atoms with van der Waals surface area (Å²) in [6, 6.07) is 7.43. The molecule has 0 radical (unpaired) electrons. The number of anilines is 2. The fraction of sp³-hybridized carbons (Fsp3) is 0.389. The van der Waals surface area contributed by atoms with E-state index in [2.05, 4.69) is 10.3 Å². The van der Waals surface area contributed by atoms with E-state index < -0.39 is 11.8 Å². The Balaban J connectivity index is 1.62. The molecule has 0 spiro atoms. The van der Waals surface area contributed by atoms with E-state index in [0.717, 1.165) is 18.5 Å². The van der Waals surface area contributed by atoms with Crippen LogP contribution in [0.15, 0.2) is 43.0 Å². The number of hydrogen-bond acceptors (Lipinski definition) is 4. The van der Waals surface area contributed by atoms with Crippen LogP contribution < -0.4 is 10.2 Å². The Bertz CT molecular complexity index is 724. The molecule has 0 aliphatic carbocycles. The summed E-state index contributed by atoms with van der Waals surface area (Å²) in [5.41, 5.74) is 1.65. The summed E-state index contributed by atoms with van der Waals surface area (Å²) < 4.78 is 1.94. The highest BCUT2D eigenvalue weighted by Gasteiger charge is 2.32. The van der Waals surface area contributed by atoms with E-state index >= 15 is 0 Å². The minimum absolute atomic E-state index is 0.0311. The molecular weight excluding hydrogens is 318 g/mol. The minimum Gasteiger partial charge on any atom is -0.378 e. The highest BCUT2D eigenvalue weighted by Crippen LogP contribution is 2.20. The zero-order valence-electron chi connectivity index (χ0n) is 14.6. The lowest BCUT2D eigenvalue weighted by Crippen LogP contribution is -2.44. The van der Waals surface area contributed by atoms with Crippen LogP contribution >= 0.6 is 0 Å². The summed E-state index contributed by atoms with van der Waals surface area (Å²) in [6.07, 6.45) is 7.12. The van der Waals surface area contributed by atoms with Crippen molar-refractivity contribution in [1.29, 1.82) is 0 Å². The third-order valence-corrected chi connectivity index (χ3v) is 4.45. The topological polar surface area (TPSA) is 70.5 Å². The highest BCUT2D eigenvalue weighted by molar-refractivity contribution is 6.39. The van der Waals surface area contributed by atoms with Gasteiger partial charge in [0.15, 0.2) is 0 Å². The fourth-order valence-corrected chi connectivity index (χ4v) is 3.09. The van der Waals surface area contributed by atoms with Gasteiger partial charge in [-0.1, -0.05) is 0 Å². The Morgan fingerprint density at radius 1 is 1.28 bits per heavy atom. The van der Waals surface area contributed by atoms with E-state index in [-0.39, 0.29) is 6.04 Å². The molecule has 1 aromatic heterocycles. The first-order valence-electron chi connectivity index (χ1n) is 8.39. The molecule has 2 aromatic rings. The Morgan fingerprint density at radius 3 is 2.68 bits per heavy atom. The van der Waals surface area contributed by atoms with Crippen molar-refractivity contribution in [3.63, 3.8) is 0 Å². The Kier molecular flexibility index (Phi) is 5.02. The van der Waals surface area contributed by atoms with Gasteiger partial charge >= 0.3 is 11.8 Å². The van der Waals surface area contributed by atoms with Crippen molar-refractivity contribution in [3.8, 4) is 0 Å². The summed E-state index contributed by atoms with van der Waals surface area (Å²) in [7, 11) is 3.90. The molecule has 0 unspecified atom stereocenters. The van der Waals surface area contributed by atoms with Crippen LogP contribution in [0.4, 0.5) is 11.4 Å². The smallest absolute Gasteiger partial charge is 0.313 e. The standard InChI is InChI=1S/C18H23N5O2/c1-21(2)15-7-5-14(6-8-15)20-17(24)18(25)23-10-3-4-16(23)12-22-11-9-19-13-22/h5-9,11,13,16H,3-4,10,12H2,1-2H3,(H,20,24)/t16-/m1/s1. The molecule has 7 heteroatoms. The fourth-order valence-electron chi connectivity index (χ4n) is 3.09. The Labute approximate surface area is 147 Å². The van der Waals surface area contributed by atoms with Gasteiger partial charge in [0.25, 0.3) is 0 Å². The second kappa shape index (κ2) is 7.38. The average molecular weight is 341 g/mol. The number of rotatable bonds is 4. The van der Waals surface area contributed by atoms with Crippen molar-refractivity contribution in [2.45, 2.75) is 25.4 Å². The number of nitrogens with one attached hydrogen (secondary N) is 1. The summed E-state index contributed by atoms with van der Waals surface area (Å²) >= 11 is 0. The number of imidazole rings is 1. The van der Waals surface area contributed by atoms with E-state index in [1.54, 1.807) is 29.6 Å². The summed E-state index contributed by atoms with van der Waals surface area (Å²) in [5.74, 6) is -1.06. The van der Waals surface area contributed by atoms with Crippen LogP contribution in [0, 0.1) is 0 Å². The monoisotopic (exact) mass is 341 g/mol. The number of hydrogen-bond donors (Lipinski definition) is 1. The average Bonchev–Trinajstić information content (AvgIpc) is 3.27. The molecule has 1 saturated heterocycles. The number of nitrogens with zero attached hydrogens (tertiary/aromatic N) is 4. The van der Waals surface area contributed by atoms with Crippen LogP contribution in [0.2, 0.25) is 0 Å². The van der Waals surface area contributed by atoms with Crippen LogP contribution in [0.1, 0.15) is 12.8 Å². The zero-order chi connectivity index (χ0) is 17.8. The predicted molar refractivity (Wildman–Crippen MR) is 96.4 cm³/mol. The first-order chi connectivity index (χ1) is 12.0. The summed E-state index contributed by atoms with van der Waals surface area (Å²) in [4.78, 5) is 32.5. The lowest BCUT2D eigenvalue weighted by molar-refractivity contribution is -0.143. The molecule has 0 bridgehead atoms. The van der Waals surface area contributed by atoms with Crippen LogP contribution in [0.3, 0.4) is 0 Å². The second-order valence-corrected chi connectivity index (χ2v) is 6.45. The molecule has 3 rings (SSSR count). The van der Waals surface area contributed by atoms with Crippen molar-refractivity contribution in [1.82, 2.24) is 14.5 Å². The van der Waals surface area contributed by atoms with Gasteiger partial charge in [-0.25, -0.2) is 4.98 Å². The van der Waals surface area contributed by atoms with Crippen LogP contribution in [-0.2, 0) is 16.1 Å². The third kappa shape index (κ3) is 3.99. The van der Waals surface area contributed by atoms with Gasteiger partial charge in [-0.3, -0.25) is 9.59 Å². The van der Waals surface area contributed by atoms with Gasteiger partial charge in [0.2, 0.25) is 0 Å². The maximum atomic E-state index is 12.5. The number of amides is 2. The van der Waals surface area contributed by atoms with Crippen molar-refractivity contribution in [2.75, 3.05) is 30.9 Å². The van der Waals surface area contributed by atoms with Crippen LogP contribution in [0.25, 0.3) is 0 Å². The first-order valence-corrected chi connectivity index (χ1v) is 8.39. The van der Waals surface area contributed by atoms with Crippen molar-refractivity contribution in [3.05, 3.63) is 43.0 Å². The number of benzene rings is 1. The molecule has 1 fully saturated rings. The molecule has 132 valence electrons. The van der Waals surface area contributed by atoms with Gasteiger partial charge in [-0.2, -0.15) is 0 Å². The lowest BCUT2D eigenvalue weighted by atomic mass is 10.2. The molecule has 7 nitrogen and oxygen atoms in total. The van der Waals surface area contributed by atoms with E-state index in [4.69, 9.17) is 0 Å². The van der Waals surface area contributed by atoms with Crippen LogP contribution in [0.5, 0.6) is 0 Å². The molecule has 0 saturated carbocycles. The van der Waals surface area contributed by atoms with Gasteiger partial charge in [0.1, 0.15) is 0 Å². The van der Waals surface area contributed by atoms with Gasteiger partial charge in [-0.15, -0.1) is 0 Å². The van der Waals surface area contributed by atoms with Crippen molar-refractivity contribution >= 4 is 23.2 Å². The van der Waals surface area contributed by atoms with Crippen molar-refractivity contribution in [2.24, 2.45) is 0 Å². The van der Waals surface area contributed by atoms with E-state index in [1.165, 1.54) is 0 Å². The number of likely N-dealkylation sites (tertiary alicyclic amines) is 1. The summed E-state index contributed by atoms with van der Waals surface area (Å²) in [6.45, 7) is 1.28. The maximum absolute atomic E-state index is 12.5.